The predicted octanol–water partition coefficient (Wildman–Crippen LogP) is 4.58. The summed E-state index contributed by atoms with van der Waals surface area (Å²) in [4.78, 5) is 11.6. The Morgan fingerprint density at radius 2 is 2.32 bits per heavy atom. The minimum Gasteiger partial charge on any atom is -0.467 e. The maximum absolute atomic E-state index is 5.48. The second kappa shape index (κ2) is 5.39. The van der Waals surface area contributed by atoms with Gasteiger partial charge in [-0.1, -0.05) is 6.92 Å². The quantitative estimate of drug-likeness (QED) is 0.769. The van der Waals surface area contributed by atoms with Crippen LogP contribution in [-0.4, -0.2) is 9.97 Å². The molecular weight excluding hydrogens is 294 g/mol. The highest BCUT2D eigenvalue weighted by Gasteiger charge is 2.23. The van der Waals surface area contributed by atoms with Gasteiger partial charge in [-0.2, -0.15) is 0 Å². The Bertz CT molecular complexity index is 794. The van der Waals surface area contributed by atoms with Gasteiger partial charge in [0.25, 0.3) is 0 Å². The SMILES string of the molecule is C[C@H]1CCc2c(sc3ncnc(N[C@@H](C)c4ccco4)c23)C1. The molecule has 0 fully saturated rings. The molecule has 0 bridgehead atoms. The molecule has 3 heterocycles. The Balaban J connectivity index is 1.75. The molecule has 3 aromatic rings. The van der Waals surface area contributed by atoms with E-state index < -0.39 is 0 Å². The Morgan fingerprint density at radius 3 is 3.14 bits per heavy atom. The Labute approximate surface area is 133 Å². The third-order valence-electron chi connectivity index (χ3n) is 4.41. The molecule has 5 heteroatoms. The highest BCUT2D eigenvalue weighted by atomic mass is 32.1. The summed E-state index contributed by atoms with van der Waals surface area (Å²) >= 11 is 1.83. The van der Waals surface area contributed by atoms with Crippen molar-refractivity contribution in [2.24, 2.45) is 5.92 Å². The van der Waals surface area contributed by atoms with E-state index in [0.717, 1.165) is 28.7 Å². The van der Waals surface area contributed by atoms with Gasteiger partial charge >= 0.3 is 0 Å². The topological polar surface area (TPSA) is 51.0 Å². The monoisotopic (exact) mass is 313 g/mol. The van der Waals surface area contributed by atoms with E-state index in [0.29, 0.717) is 0 Å². The van der Waals surface area contributed by atoms with Gasteiger partial charge in [-0.3, -0.25) is 0 Å². The summed E-state index contributed by atoms with van der Waals surface area (Å²) in [5, 5.41) is 4.71. The van der Waals surface area contributed by atoms with Crippen LogP contribution in [0, 0.1) is 5.92 Å². The van der Waals surface area contributed by atoms with E-state index in [1.807, 2.05) is 23.5 Å². The summed E-state index contributed by atoms with van der Waals surface area (Å²) in [5.74, 6) is 2.62. The molecular formula is C17H19N3OS. The number of nitrogens with one attached hydrogen (secondary N) is 1. The van der Waals surface area contributed by atoms with Crippen molar-refractivity contribution in [3.8, 4) is 0 Å². The molecule has 0 saturated carbocycles. The van der Waals surface area contributed by atoms with Crippen molar-refractivity contribution in [3.63, 3.8) is 0 Å². The molecule has 22 heavy (non-hydrogen) atoms. The van der Waals surface area contributed by atoms with Crippen LogP contribution in [0.3, 0.4) is 0 Å². The van der Waals surface area contributed by atoms with Crippen molar-refractivity contribution >= 4 is 27.4 Å². The van der Waals surface area contributed by atoms with Crippen LogP contribution in [0.4, 0.5) is 5.82 Å². The molecule has 1 N–H and O–H groups in total. The first kappa shape index (κ1) is 13.8. The molecule has 1 aliphatic carbocycles. The number of hydrogen-bond acceptors (Lipinski definition) is 5. The second-order valence-electron chi connectivity index (χ2n) is 6.14. The maximum atomic E-state index is 5.48. The molecule has 114 valence electrons. The number of nitrogens with zero attached hydrogens (tertiary/aromatic N) is 2. The van der Waals surface area contributed by atoms with E-state index in [1.165, 1.54) is 28.7 Å². The third kappa shape index (κ3) is 2.29. The Hall–Kier alpha value is -1.88. The van der Waals surface area contributed by atoms with Crippen LogP contribution in [0.15, 0.2) is 29.1 Å². The molecule has 1 aliphatic rings. The summed E-state index contributed by atoms with van der Waals surface area (Å²) in [7, 11) is 0. The number of aromatic nitrogens is 2. The number of thiophene rings is 1. The number of rotatable bonds is 3. The number of anilines is 1. The smallest absolute Gasteiger partial charge is 0.139 e. The molecule has 3 aromatic heterocycles. The zero-order valence-corrected chi connectivity index (χ0v) is 13.6. The fourth-order valence-corrected chi connectivity index (χ4v) is 4.55. The van der Waals surface area contributed by atoms with Crippen molar-refractivity contribution in [2.45, 2.75) is 39.2 Å². The van der Waals surface area contributed by atoms with Crippen LogP contribution >= 0.6 is 11.3 Å². The van der Waals surface area contributed by atoms with Gasteiger partial charge in [0, 0.05) is 4.88 Å². The molecule has 0 aliphatic heterocycles. The van der Waals surface area contributed by atoms with Gasteiger partial charge in [0.05, 0.1) is 17.7 Å². The summed E-state index contributed by atoms with van der Waals surface area (Å²) in [6.45, 7) is 4.42. The highest BCUT2D eigenvalue weighted by Crippen LogP contribution is 2.40. The number of aryl methyl sites for hydroxylation is 1. The minimum absolute atomic E-state index is 0.0890. The number of fused-ring (bicyclic) bond motifs is 3. The summed E-state index contributed by atoms with van der Waals surface area (Å²) in [6.07, 6.45) is 6.92. The van der Waals surface area contributed by atoms with Gasteiger partial charge in [0.2, 0.25) is 0 Å². The molecule has 0 radical (unpaired) electrons. The van der Waals surface area contributed by atoms with E-state index in [9.17, 15) is 0 Å². The summed E-state index contributed by atoms with van der Waals surface area (Å²) in [5.41, 5.74) is 1.45. The first-order valence-corrected chi connectivity index (χ1v) is 8.59. The molecule has 2 atom stereocenters. The van der Waals surface area contributed by atoms with Crippen molar-refractivity contribution in [1.29, 1.82) is 0 Å². The van der Waals surface area contributed by atoms with Gasteiger partial charge in [-0.15, -0.1) is 11.3 Å². The lowest BCUT2D eigenvalue weighted by molar-refractivity contribution is 0.490. The Kier molecular flexibility index (Phi) is 3.37. The van der Waals surface area contributed by atoms with Crippen molar-refractivity contribution in [1.82, 2.24) is 9.97 Å². The number of furan rings is 1. The number of hydrogen-bond donors (Lipinski definition) is 1. The van der Waals surface area contributed by atoms with Crippen molar-refractivity contribution in [2.75, 3.05) is 5.32 Å². The van der Waals surface area contributed by atoms with Crippen molar-refractivity contribution in [3.05, 3.63) is 40.9 Å². The Morgan fingerprint density at radius 1 is 1.41 bits per heavy atom. The average molecular weight is 313 g/mol. The molecule has 0 spiro atoms. The van der Waals surface area contributed by atoms with Gasteiger partial charge in [0.1, 0.15) is 22.7 Å². The average Bonchev–Trinajstić information content (AvgIpc) is 3.14. The molecule has 0 saturated heterocycles. The van der Waals surface area contributed by atoms with Gasteiger partial charge in [-0.25, -0.2) is 9.97 Å². The highest BCUT2D eigenvalue weighted by molar-refractivity contribution is 7.19. The maximum Gasteiger partial charge on any atom is 0.139 e. The standard InChI is InChI=1S/C17H19N3OS/c1-10-5-6-12-14(8-10)22-17-15(12)16(18-9-19-17)20-11(2)13-4-3-7-21-13/h3-4,7,9-11H,5-6,8H2,1-2H3,(H,18,19,20)/t10-,11-/m0/s1. The fraction of sp³-hybridized carbons (Fsp3) is 0.412. The largest absolute Gasteiger partial charge is 0.467 e. The fourth-order valence-electron chi connectivity index (χ4n) is 3.20. The van der Waals surface area contributed by atoms with E-state index in [4.69, 9.17) is 4.42 Å². The minimum atomic E-state index is 0.0890. The van der Waals surface area contributed by atoms with Crippen LogP contribution < -0.4 is 5.32 Å². The lowest BCUT2D eigenvalue weighted by atomic mass is 9.89. The van der Waals surface area contributed by atoms with E-state index in [2.05, 4.69) is 29.1 Å². The van der Waals surface area contributed by atoms with E-state index in [-0.39, 0.29) is 6.04 Å². The van der Waals surface area contributed by atoms with Crippen LogP contribution in [0.1, 0.15) is 42.5 Å². The van der Waals surface area contributed by atoms with Gasteiger partial charge in [0.15, 0.2) is 0 Å². The van der Waals surface area contributed by atoms with Crippen molar-refractivity contribution < 1.29 is 4.42 Å². The van der Waals surface area contributed by atoms with Crippen LogP contribution in [-0.2, 0) is 12.8 Å². The predicted molar refractivity (Wildman–Crippen MR) is 89.3 cm³/mol. The first-order valence-electron chi connectivity index (χ1n) is 7.77. The lowest BCUT2D eigenvalue weighted by Gasteiger charge is -2.19. The van der Waals surface area contributed by atoms with E-state index in [1.54, 1.807) is 12.6 Å². The summed E-state index contributed by atoms with van der Waals surface area (Å²) < 4.78 is 5.48. The zero-order chi connectivity index (χ0) is 15.1. The molecule has 0 aromatic carbocycles. The van der Waals surface area contributed by atoms with Crippen LogP contribution in [0.2, 0.25) is 0 Å². The molecule has 0 unspecified atom stereocenters. The van der Waals surface area contributed by atoms with Crippen LogP contribution in [0.5, 0.6) is 0 Å². The normalized spacial score (nSPS) is 19.1. The second-order valence-corrected chi connectivity index (χ2v) is 7.22. The molecule has 4 nitrogen and oxygen atoms in total. The van der Waals surface area contributed by atoms with Gasteiger partial charge < -0.3 is 9.73 Å². The van der Waals surface area contributed by atoms with Gasteiger partial charge in [-0.05, 0) is 49.8 Å². The zero-order valence-electron chi connectivity index (χ0n) is 12.8. The first-order chi connectivity index (χ1) is 10.7. The molecule has 0 amide bonds. The van der Waals surface area contributed by atoms with Crippen LogP contribution in [0.25, 0.3) is 10.2 Å². The summed E-state index contributed by atoms with van der Waals surface area (Å²) in [6, 6.07) is 3.99. The molecule has 4 rings (SSSR count). The third-order valence-corrected chi connectivity index (χ3v) is 5.58. The van der Waals surface area contributed by atoms with E-state index >= 15 is 0 Å². The lowest BCUT2D eigenvalue weighted by Crippen LogP contribution is -2.10.